The van der Waals surface area contributed by atoms with Gasteiger partial charge in [-0.25, -0.2) is 0 Å². The lowest BCUT2D eigenvalue weighted by Gasteiger charge is -2.27. The first-order valence-electron chi connectivity index (χ1n) is 9.38. The molecule has 156 valence electrons. The zero-order valence-corrected chi connectivity index (χ0v) is 16.3. The van der Waals surface area contributed by atoms with E-state index in [4.69, 9.17) is 4.74 Å². The average Bonchev–Trinajstić information content (AvgIpc) is 3.36. The third-order valence-electron chi connectivity index (χ3n) is 4.71. The maximum Gasteiger partial charge on any atom is 0.307 e. The Labute approximate surface area is 166 Å². The number of anilines is 1. The summed E-state index contributed by atoms with van der Waals surface area (Å²) < 4.78 is 8.07. The molecule has 0 aromatic carbocycles. The van der Waals surface area contributed by atoms with E-state index in [9.17, 15) is 19.7 Å². The topological polar surface area (TPSA) is 137 Å². The van der Waals surface area contributed by atoms with Crippen molar-refractivity contribution in [1.82, 2.24) is 24.5 Å². The molecule has 0 radical (unpaired) electrons. The molecule has 2 aromatic rings. The van der Waals surface area contributed by atoms with E-state index in [1.807, 2.05) is 6.92 Å². The summed E-state index contributed by atoms with van der Waals surface area (Å²) in [6.45, 7) is 5.95. The number of carbonyl (C=O) groups excluding carboxylic acids is 2. The predicted octanol–water partition coefficient (Wildman–Crippen LogP) is 1.07. The van der Waals surface area contributed by atoms with Gasteiger partial charge in [0.2, 0.25) is 5.91 Å². The zero-order chi connectivity index (χ0) is 21.0. The van der Waals surface area contributed by atoms with Crippen molar-refractivity contribution in [3.05, 3.63) is 34.4 Å². The van der Waals surface area contributed by atoms with Crippen molar-refractivity contribution in [2.45, 2.75) is 32.9 Å². The van der Waals surface area contributed by atoms with Crippen molar-refractivity contribution in [1.29, 1.82) is 0 Å². The van der Waals surface area contributed by atoms with Crippen molar-refractivity contribution in [2.75, 3.05) is 31.6 Å². The van der Waals surface area contributed by atoms with Crippen molar-refractivity contribution >= 4 is 23.2 Å². The van der Waals surface area contributed by atoms with E-state index in [-0.39, 0.29) is 11.6 Å². The lowest BCUT2D eigenvalue weighted by atomic mass is 10.2. The number of nitrogens with zero attached hydrogens (tertiary/aromatic N) is 6. The molecule has 1 aliphatic heterocycles. The molecule has 0 bridgehead atoms. The summed E-state index contributed by atoms with van der Waals surface area (Å²) in [5.74, 6) is -0.664. The van der Waals surface area contributed by atoms with Crippen LogP contribution in [0, 0.1) is 10.1 Å². The highest BCUT2D eigenvalue weighted by Gasteiger charge is 2.28. The summed E-state index contributed by atoms with van der Waals surface area (Å²) in [6, 6.07) is -0.764. The molecule has 3 heterocycles. The van der Waals surface area contributed by atoms with Gasteiger partial charge in [0, 0.05) is 19.6 Å². The summed E-state index contributed by atoms with van der Waals surface area (Å²) in [5, 5.41) is 21.8. The van der Waals surface area contributed by atoms with Gasteiger partial charge in [-0.15, -0.1) is 0 Å². The van der Waals surface area contributed by atoms with Crippen molar-refractivity contribution in [2.24, 2.45) is 0 Å². The van der Waals surface area contributed by atoms with Crippen LogP contribution in [0.4, 0.5) is 11.4 Å². The molecule has 0 spiro atoms. The molecule has 2 aromatic heterocycles. The smallest absolute Gasteiger partial charge is 0.307 e. The Morgan fingerprint density at radius 3 is 2.59 bits per heavy atom. The van der Waals surface area contributed by atoms with E-state index in [1.165, 1.54) is 21.8 Å². The number of aromatic nitrogens is 4. The van der Waals surface area contributed by atoms with Gasteiger partial charge in [-0.2, -0.15) is 10.2 Å². The molecule has 2 amide bonds. The third-order valence-corrected chi connectivity index (χ3v) is 4.71. The van der Waals surface area contributed by atoms with Crippen LogP contribution in [0.2, 0.25) is 0 Å². The number of morpholine rings is 1. The molecule has 1 unspecified atom stereocenters. The molecule has 0 saturated carbocycles. The Morgan fingerprint density at radius 2 is 2.00 bits per heavy atom. The number of aryl methyl sites for hydroxylation is 1. The first-order chi connectivity index (χ1) is 14.0. The number of rotatable bonds is 7. The Morgan fingerprint density at radius 1 is 1.28 bits per heavy atom. The minimum atomic E-state index is -0.764. The molecule has 1 saturated heterocycles. The van der Waals surface area contributed by atoms with Gasteiger partial charge in [0.05, 0.1) is 30.0 Å². The number of carbonyl (C=O) groups is 2. The average molecular weight is 405 g/mol. The Hall–Kier alpha value is -3.28. The second-order valence-electron chi connectivity index (χ2n) is 6.48. The van der Waals surface area contributed by atoms with Crippen LogP contribution >= 0.6 is 0 Å². The largest absolute Gasteiger partial charge is 0.378 e. The lowest BCUT2D eigenvalue weighted by molar-refractivity contribution is -0.385. The van der Waals surface area contributed by atoms with E-state index in [0.717, 1.165) is 6.20 Å². The minimum absolute atomic E-state index is 0.196. The maximum atomic E-state index is 13.0. The van der Waals surface area contributed by atoms with Gasteiger partial charge >= 0.3 is 5.69 Å². The van der Waals surface area contributed by atoms with E-state index >= 15 is 0 Å². The Kier molecular flexibility index (Phi) is 6.22. The van der Waals surface area contributed by atoms with Crippen LogP contribution in [0.25, 0.3) is 0 Å². The molecule has 29 heavy (non-hydrogen) atoms. The van der Waals surface area contributed by atoms with E-state index in [1.54, 1.807) is 11.8 Å². The normalized spacial score (nSPS) is 15.2. The van der Waals surface area contributed by atoms with Crippen LogP contribution in [0.3, 0.4) is 0 Å². The van der Waals surface area contributed by atoms with Gasteiger partial charge in [-0.05, 0) is 13.3 Å². The standard InChI is InChI=1S/C17H23N7O5/c1-3-14(23-11-12(9-18-23)24(27)28)16(25)20-13-10-19-22(4-2)15(13)17(26)21-5-7-29-8-6-21/h9-11,14H,3-8H2,1-2H3,(H,20,25). The van der Waals surface area contributed by atoms with Crippen LogP contribution in [-0.4, -0.2) is 67.5 Å². The molecule has 12 nitrogen and oxygen atoms in total. The molecule has 1 fully saturated rings. The van der Waals surface area contributed by atoms with Crippen LogP contribution in [0.15, 0.2) is 18.6 Å². The van der Waals surface area contributed by atoms with Gasteiger partial charge in [-0.1, -0.05) is 6.92 Å². The molecular formula is C17H23N7O5. The van der Waals surface area contributed by atoms with Crippen LogP contribution in [-0.2, 0) is 16.1 Å². The number of hydrogen-bond donors (Lipinski definition) is 1. The number of ether oxygens (including phenoxy) is 1. The van der Waals surface area contributed by atoms with Crippen molar-refractivity contribution in [3.8, 4) is 0 Å². The lowest BCUT2D eigenvalue weighted by Crippen LogP contribution is -2.42. The fourth-order valence-electron chi connectivity index (χ4n) is 3.16. The molecule has 1 N–H and O–H groups in total. The van der Waals surface area contributed by atoms with Crippen LogP contribution < -0.4 is 5.32 Å². The van der Waals surface area contributed by atoms with Gasteiger partial charge < -0.3 is 15.0 Å². The van der Waals surface area contributed by atoms with E-state index < -0.39 is 16.9 Å². The van der Waals surface area contributed by atoms with Gasteiger partial charge in [-0.3, -0.25) is 29.1 Å². The van der Waals surface area contributed by atoms with E-state index in [2.05, 4.69) is 15.5 Å². The van der Waals surface area contributed by atoms with Gasteiger partial charge in [0.1, 0.15) is 24.1 Å². The number of nitro groups is 1. The number of hydrogen-bond acceptors (Lipinski definition) is 7. The molecule has 1 aliphatic rings. The monoisotopic (exact) mass is 405 g/mol. The molecule has 1 atom stereocenters. The summed E-state index contributed by atoms with van der Waals surface area (Å²) in [5.41, 5.74) is 0.399. The van der Waals surface area contributed by atoms with Gasteiger partial charge in [0.25, 0.3) is 5.91 Å². The predicted molar refractivity (Wildman–Crippen MR) is 101 cm³/mol. The number of amides is 2. The first-order valence-corrected chi connectivity index (χ1v) is 9.38. The van der Waals surface area contributed by atoms with Crippen molar-refractivity contribution < 1.29 is 19.2 Å². The molecule has 0 aliphatic carbocycles. The summed E-state index contributed by atoms with van der Waals surface area (Å²) in [4.78, 5) is 37.8. The fourth-order valence-corrected chi connectivity index (χ4v) is 3.16. The minimum Gasteiger partial charge on any atom is -0.378 e. The molecule has 12 heteroatoms. The fraction of sp³-hybridized carbons (Fsp3) is 0.529. The maximum absolute atomic E-state index is 13.0. The third kappa shape index (κ3) is 4.26. The zero-order valence-electron chi connectivity index (χ0n) is 16.3. The summed E-state index contributed by atoms with van der Waals surface area (Å²) in [6.07, 6.45) is 4.11. The summed E-state index contributed by atoms with van der Waals surface area (Å²) >= 11 is 0. The molecular weight excluding hydrogens is 382 g/mol. The highest BCUT2D eigenvalue weighted by molar-refractivity contribution is 6.03. The number of nitrogens with one attached hydrogen (secondary N) is 1. The second kappa shape index (κ2) is 8.82. The Balaban J connectivity index is 1.82. The second-order valence-corrected chi connectivity index (χ2v) is 6.48. The van der Waals surface area contributed by atoms with Gasteiger partial charge in [0.15, 0.2) is 0 Å². The quantitative estimate of drug-likeness (QED) is 0.537. The highest BCUT2D eigenvalue weighted by atomic mass is 16.6. The molecule has 3 rings (SSSR count). The summed E-state index contributed by atoms with van der Waals surface area (Å²) in [7, 11) is 0. The highest BCUT2D eigenvalue weighted by Crippen LogP contribution is 2.22. The van der Waals surface area contributed by atoms with Crippen molar-refractivity contribution in [3.63, 3.8) is 0 Å². The Bertz CT molecular complexity index is 900. The first kappa shape index (κ1) is 20.5. The van der Waals surface area contributed by atoms with E-state index in [0.29, 0.717) is 50.7 Å². The van der Waals surface area contributed by atoms with Crippen LogP contribution in [0.5, 0.6) is 0 Å². The van der Waals surface area contributed by atoms with Crippen LogP contribution in [0.1, 0.15) is 36.8 Å². The SMILES string of the molecule is CCC(C(=O)Nc1cnn(CC)c1C(=O)N1CCOCC1)n1cc([N+](=O)[O-])cn1.